The SMILES string of the molecule is Cc1nc(-c2ccccc2)sc1C(=O)C1=C(O)C(=O)N(c2ccc(CC(=O)O)cc2)C1c1ccc(C(C)(C)C)cc1. The molecule has 0 bridgehead atoms. The topological polar surface area (TPSA) is 108 Å². The first-order valence-corrected chi connectivity index (χ1v) is 14.0. The van der Waals surface area contributed by atoms with Crippen LogP contribution in [0.2, 0.25) is 0 Å². The molecule has 1 unspecified atom stereocenters. The molecule has 8 heteroatoms. The summed E-state index contributed by atoms with van der Waals surface area (Å²) in [5, 5.41) is 21.0. The van der Waals surface area contributed by atoms with Crippen molar-refractivity contribution >= 4 is 34.7 Å². The number of carbonyl (C=O) groups is 3. The third-order valence-electron chi connectivity index (χ3n) is 7.14. The molecule has 4 aromatic rings. The maximum absolute atomic E-state index is 14.1. The van der Waals surface area contributed by atoms with Crippen LogP contribution in [0, 0.1) is 6.92 Å². The van der Waals surface area contributed by atoms with Crippen LogP contribution in [-0.2, 0) is 21.4 Å². The molecule has 0 aliphatic carbocycles. The van der Waals surface area contributed by atoms with Crippen LogP contribution >= 0.6 is 11.3 Å². The van der Waals surface area contributed by atoms with Gasteiger partial charge in [-0.3, -0.25) is 19.3 Å². The maximum Gasteiger partial charge on any atom is 0.307 e. The van der Waals surface area contributed by atoms with Crippen molar-refractivity contribution in [2.45, 2.75) is 45.6 Å². The monoisotopic (exact) mass is 566 g/mol. The molecule has 1 aromatic heterocycles. The van der Waals surface area contributed by atoms with E-state index in [4.69, 9.17) is 5.11 Å². The van der Waals surface area contributed by atoms with Crippen LogP contribution in [0.1, 0.15) is 58.9 Å². The second-order valence-electron chi connectivity index (χ2n) is 11.1. The largest absolute Gasteiger partial charge is 0.503 e. The zero-order chi connectivity index (χ0) is 29.5. The number of aliphatic hydroxyl groups excluding tert-OH is 1. The van der Waals surface area contributed by atoms with E-state index < -0.39 is 29.5 Å². The van der Waals surface area contributed by atoms with Crippen molar-refractivity contribution in [2.24, 2.45) is 0 Å². The van der Waals surface area contributed by atoms with Crippen LogP contribution in [-0.4, -0.2) is 32.9 Å². The van der Waals surface area contributed by atoms with Crippen molar-refractivity contribution in [1.82, 2.24) is 4.98 Å². The molecule has 0 spiro atoms. The zero-order valence-corrected chi connectivity index (χ0v) is 24.0. The molecule has 208 valence electrons. The summed E-state index contributed by atoms with van der Waals surface area (Å²) < 4.78 is 0. The van der Waals surface area contributed by atoms with Crippen LogP contribution in [0.3, 0.4) is 0 Å². The first-order valence-electron chi connectivity index (χ1n) is 13.2. The van der Waals surface area contributed by atoms with Crippen molar-refractivity contribution in [2.75, 3.05) is 4.90 Å². The van der Waals surface area contributed by atoms with Gasteiger partial charge in [-0.05, 0) is 41.2 Å². The van der Waals surface area contributed by atoms with Gasteiger partial charge in [-0.2, -0.15) is 0 Å². The lowest BCUT2D eigenvalue weighted by Gasteiger charge is -2.28. The Kier molecular flexibility index (Phi) is 7.36. The quantitative estimate of drug-likeness (QED) is 0.238. The molecule has 2 N–H and O–H groups in total. The fourth-order valence-electron chi connectivity index (χ4n) is 4.97. The summed E-state index contributed by atoms with van der Waals surface area (Å²) in [6, 6.07) is 22.9. The minimum Gasteiger partial charge on any atom is -0.503 e. The Labute approximate surface area is 242 Å². The first-order chi connectivity index (χ1) is 19.5. The van der Waals surface area contributed by atoms with E-state index in [2.05, 4.69) is 25.8 Å². The summed E-state index contributed by atoms with van der Waals surface area (Å²) in [4.78, 5) is 45.3. The zero-order valence-electron chi connectivity index (χ0n) is 23.2. The number of nitrogens with zero attached hydrogens (tertiary/aromatic N) is 2. The van der Waals surface area contributed by atoms with Gasteiger partial charge < -0.3 is 10.2 Å². The van der Waals surface area contributed by atoms with Gasteiger partial charge in [0.15, 0.2) is 5.76 Å². The number of carbonyl (C=O) groups excluding carboxylic acids is 2. The molecule has 41 heavy (non-hydrogen) atoms. The smallest absolute Gasteiger partial charge is 0.307 e. The fraction of sp³-hybridized carbons (Fsp3) is 0.212. The number of benzene rings is 3. The number of rotatable bonds is 7. The van der Waals surface area contributed by atoms with E-state index >= 15 is 0 Å². The molecular weight excluding hydrogens is 536 g/mol. The predicted molar refractivity (Wildman–Crippen MR) is 159 cm³/mol. The molecule has 2 heterocycles. The minimum atomic E-state index is -0.964. The number of hydrogen-bond donors (Lipinski definition) is 2. The van der Waals surface area contributed by atoms with Gasteiger partial charge in [0.25, 0.3) is 5.91 Å². The van der Waals surface area contributed by atoms with Gasteiger partial charge in [-0.15, -0.1) is 11.3 Å². The van der Waals surface area contributed by atoms with Crippen molar-refractivity contribution < 1.29 is 24.6 Å². The molecule has 1 aliphatic heterocycles. The Morgan fingerprint density at radius 3 is 2.17 bits per heavy atom. The van der Waals surface area contributed by atoms with Crippen LogP contribution in [0.5, 0.6) is 0 Å². The Bertz CT molecular complexity index is 1660. The highest BCUT2D eigenvalue weighted by Gasteiger charge is 2.45. The Balaban J connectivity index is 1.60. The van der Waals surface area contributed by atoms with Gasteiger partial charge in [-0.25, -0.2) is 4.98 Å². The molecule has 1 aliphatic rings. The van der Waals surface area contributed by atoms with E-state index in [1.807, 2.05) is 54.6 Å². The first kappa shape index (κ1) is 28.0. The average Bonchev–Trinajstić information content (AvgIpc) is 3.46. The molecule has 5 rings (SSSR count). The maximum atomic E-state index is 14.1. The number of hydrogen-bond acceptors (Lipinski definition) is 6. The normalized spacial score (nSPS) is 15.5. The summed E-state index contributed by atoms with van der Waals surface area (Å²) in [6.07, 6.45) is -0.159. The van der Waals surface area contributed by atoms with Crippen LogP contribution in [0.4, 0.5) is 5.69 Å². The van der Waals surface area contributed by atoms with E-state index in [0.29, 0.717) is 32.4 Å². The molecule has 3 aromatic carbocycles. The highest BCUT2D eigenvalue weighted by molar-refractivity contribution is 7.17. The third kappa shape index (κ3) is 5.43. The van der Waals surface area contributed by atoms with Crippen LogP contribution in [0.15, 0.2) is 90.2 Å². The highest BCUT2D eigenvalue weighted by Crippen LogP contribution is 2.43. The summed E-state index contributed by atoms with van der Waals surface area (Å²) in [6.45, 7) is 8.05. The fourth-order valence-corrected chi connectivity index (χ4v) is 5.99. The minimum absolute atomic E-state index is 0.0144. The number of Topliss-reactive ketones (excluding diaryl/α,β-unsaturated/α-hetero) is 1. The van der Waals surface area contributed by atoms with Crippen LogP contribution in [0.25, 0.3) is 10.6 Å². The molecule has 0 fully saturated rings. The van der Waals surface area contributed by atoms with E-state index in [0.717, 1.165) is 11.1 Å². The number of aliphatic carboxylic acids is 1. The predicted octanol–water partition coefficient (Wildman–Crippen LogP) is 6.83. The lowest BCUT2D eigenvalue weighted by molar-refractivity contribution is -0.136. The Hall–Kier alpha value is -4.56. The van der Waals surface area contributed by atoms with E-state index in [1.54, 1.807) is 31.2 Å². The molecule has 0 radical (unpaired) electrons. The van der Waals surface area contributed by atoms with Gasteiger partial charge in [0.1, 0.15) is 5.01 Å². The molecule has 0 saturated carbocycles. The summed E-state index contributed by atoms with van der Waals surface area (Å²) in [7, 11) is 0. The standard InChI is InChI=1S/C33H30N2O5S/c1-19-30(41-31(34-19)22-8-6-5-7-9-22)28(38)26-27(21-12-14-23(15-13-21)33(2,3)4)35(32(40)29(26)39)24-16-10-20(11-17-24)18-25(36)37/h5-17,27,39H,18H2,1-4H3,(H,36,37). The molecule has 1 atom stereocenters. The van der Waals surface area contributed by atoms with Crippen molar-refractivity contribution in [1.29, 1.82) is 0 Å². The number of aryl methyl sites for hydroxylation is 1. The Morgan fingerprint density at radius 2 is 1.59 bits per heavy atom. The number of thiazole rings is 1. The lowest BCUT2D eigenvalue weighted by Crippen LogP contribution is -2.31. The third-order valence-corrected chi connectivity index (χ3v) is 8.34. The number of carboxylic acids is 1. The van der Waals surface area contributed by atoms with E-state index in [9.17, 15) is 19.5 Å². The van der Waals surface area contributed by atoms with E-state index in [1.165, 1.54) is 16.2 Å². The number of anilines is 1. The molecular formula is C33H30N2O5S. The average molecular weight is 567 g/mol. The van der Waals surface area contributed by atoms with Gasteiger partial charge in [-0.1, -0.05) is 87.5 Å². The van der Waals surface area contributed by atoms with Crippen molar-refractivity contribution in [3.05, 3.63) is 117 Å². The Morgan fingerprint density at radius 1 is 0.951 bits per heavy atom. The number of aromatic nitrogens is 1. The molecule has 0 saturated heterocycles. The number of carboxylic acid groups (broad SMARTS) is 1. The number of ketones is 1. The van der Waals surface area contributed by atoms with Crippen LogP contribution < -0.4 is 4.90 Å². The van der Waals surface area contributed by atoms with Crippen molar-refractivity contribution in [3.8, 4) is 10.6 Å². The van der Waals surface area contributed by atoms with Crippen molar-refractivity contribution in [3.63, 3.8) is 0 Å². The highest BCUT2D eigenvalue weighted by atomic mass is 32.1. The second kappa shape index (κ2) is 10.8. The summed E-state index contributed by atoms with van der Waals surface area (Å²) in [5.41, 5.74) is 4.03. The van der Waals surface area contributed by atoms with E-state index in [-0.39, 0.29) is 17.4 Å². The van der Waals surface area contributed by atoms with Gasteiger partial charge in [0.2, 0.25) is 5.78 Å². The molecule has 7 nitrogen and oxygen atoms in total. The number of amides is 1. The van der Waals surface area contributed by atoms with Gasteiger partial charge in [0, 0.05) is 11.3 Å². The van der Waals surface area contributed by atoms with Gasteiger partial charge >= 0.3 is 5.97 Å². The number of aliphatic hydroxyl groups is 1. The molecule has 1 amide bonds. The summed E-state index contributed by atoms with van der Waals surface area (Å²) >= 11 is 1.23. The summed E-state index contributed by atoms with van der Waals surface area (Å²) in [5.74, 6) is -2.73. The van der Waals surface area contributed by atoms with Gasteiger partial charge in [0.05, 0.1) is 28.6 Å². The second-order valence-corrected chi connectivity index (χ2v) is 12.1. The lowest BCUT2D eigenvalue weighted by atomic mass is 9.85.